The van der Waals surface area contributed by atoms with E-state index in [4.69, 9.17) is 0 Å². The first kappa shape index (κ1) is 14.1. The number of H-pyrrole nitrogens is 1. The Morgan fingerprint density at radius 1 is 1.22 bits per heavy atom. The fourth-order valence-corrected chi connectivity index (χ4v) is 3.75. The largest absolute Gasteiger partial charge is 0.331 e. The van der Waals surface area contributed by atoms with Crippen LogP contribution in [0.2, 0.25) is 0 Å². The molecule has 0 radical (unpaired) electrons. The molecule has 1 unspecified atom stereocenters. The molecule has 1 atom stereocenters. The lowest BCUT2D eigenvalue weighted by Gasteiger charge is -2.02. The Balaban J connectivity index is 1.70. The molecule has 0 saturated carbocycles. The van der Waals surface area contributed by atoms with E-state index in [9.17, 15) is 4.21 Å². The maximum atomic E-state index is 12.7. The number of hydrogen-bond acceptors (Lipinski definition) is 3. The summed E-state index contributed by atoms with van der Waals surface area (Å²) < 4.78 is 14.6. The Hall–Kier alpha value is -2.47. The zero-order valence-electron chi connectivity index (χ0n) is 12.9. The number of fused-ring (bicyclic) bond motifs is 2. The average molecular weight is 324 g/mol. The van der Waals surface area contributed by atoms with Crippen LogP contribution in [0.3, 0.4) is 0 Å². The topological polar surface area (TPSA) is 63.1 Å². The predicted octanol–water partition coefficient (Wildman–Crippen LogP) is 3.14. The van der Waals surface area contributed by atoms with Crippen molar-refractivity contribution in [1.82, 2.24) is 19.4 Å². The number of rotatable bonds is 3. The van der Waals surface area contributed by atoms with Crippen molar-refractivity contribution in [3.63, 3.8) is 0 Å². The zero-order chi connectivity index (χ0) is 16.0. The molecule has 23 heavy (non-hydrogen) atoms. The molecule has 0 spiro atoms. The molecule has 4 rings (SSSR count). The number of imidazole rings is 2. The quantitative estimate of drug-likeness (QED) is 0.630. The molecular weight excluding hydrogens is 308 g/mol. The highest BCUT2D eigenvalue weighted by Crippen LogP contribution is 2.20. The van der Waals surface area contributed by atoms with Gasteiger partial charge in [0.1, 0.15) is 5.65 Å². The highest BCUT2D eigenvalue weighted by Gasteiger charge is 2.13. The minimum Gasteiger partial charge on any atom is -0.331 e. The van der Waals surface area contributed by atoms with E-state index in [1.807, 2.05) is 41.1 Å². The molecule has 116 valence electrons. The molecule has 3 aromatic heterocycles. The summed E-state index contributed by atoms with van der Waals surface area (Å²) in [6, 6.07) is 7.97. The van der Waals surface area contributed by atoms with E-state index in [0.29, 0.717) is 10.9 Å². The molecule has 5 nitrogen and oxygen atoms in total. The van der Waals surface area contributed by atoms with Crippen LogP contribution in [0.25, 0.3) is 16.7 Å². The lowest BCUT2D eigenvalue weighted by Crippen LogP contribution is -2.00. The Bertz CT molecular complexity index is 1010. The summed E-state index contributed by atoms with van der Waals surface area (Å²) in [6.45, 7) is 4.12. The highest BCUT2D eigenvalue weighted by molar-refractivity contribution is 7.84. The number of hydrogen-bond donors (Lipinski definition) is 1. The monoisotopic (exact) mass is 324 g/mol. The van der Waals surface area contributed by atoms with Gasteiger partial charge in [0.15, 0.2) is 5.16 Å². The fraction of sp³-hybridized carbons (Fsp3) is 0.176. The number of aryl methyl sites for hydroxylation is 2. The third kappa shape index (κ3) is 2.45. The lowest BCUT2D eigenvalue weighted by atomic mass is 10.1. The van der Waals surface area contributed by atoms with Crippen molar-refractivity contribution in [2.24, 2.45) is 0 Å². The summed E-state index contributed by atoms with van der Waals surface area (Å²) in [6.07, 6.45) is 5.56. The van der Waals surface area contributed by atoms with Gasteiger partial charge in [0, 0.05) is 24.2 Å². The third-order valence-corrected chi connectivity index (χ3v) is 5.28. The van der Waals surface area contributed by atoms with Crippen LogP contribution in [0.4, 0.5) is 0 Å². The minimum absolute atomic E-state index is 0.388. The number of benzene rings is 1. The second-order valence-electron chi connectivity index (χ2n) is 5.68. The van der Waals surface area contributed by atoms with Gasteiger partial charge in [-0.05, 0) is 43.2 Å². The molecular formula is C17H16N4OS. The lowest BCUT2D eigenvalue weighted by molar-refractivity contribution is 0.677. The number of aromatic amines is 1. The summed E-state index contributed by atoms with van der Waals surface area (Å²) in [5.41, 5.74) is 5.95. The molecule has 0 aliphatic heterocycles. The standard InChI is InChI=1S/C17H16N4OS/c1-11-8-14-15(9-12(11)2)20-17(19-14)23(22)10-13-4-3-6-21-7-5-18-16(13)21/h3-9H,10H2,1-2H3,(H,19,20). The van der Waals surface area contributed by atoms with E-state index >= 15 is 0 Å². The van der Waals surface area contributed by atoms with E-state index in [0.717, 1.165) is 22.2 Å². The van der Waals surface area contributed by atoms with Gasteiger partial charge in [0.05, 0.1) is 27.6 Å². The Kier molecular flexibility index (Phi) is 3.27. The van der Waals surface area contributed by atoms with Gasteiger partial charge in [-0.15, -0.1) is 0 Å². The molecule has 4 aromatic rings. The van der Waals surface area contributed by atoms with Crippen LogP contribution in [0.15, 0.2) is 48.0 Å². The van der Waals surface area contributed by atoms with Gasteiger partial charge in [-0.25, -0.2) is 9.97 Å². The van der Waals surface area contributed by atoms with Crippen molar-refractivity contribution >= 4 is 27.5 Å². The van der Waals surface area contributed by atoms with Gasteiger partial charge in [-0.3, -0.25) is 4.21 Å². The van der Waals surface area contributed by atoms with Crippen LogP contribution in [-0.2, 0) is 16.6 Å². The fourth-order valence-electron chi connectivity index (χ4n) is 2.68. The summed E-state index contributed by atoms with van der Waals surface area (Å²) in [4.78, 5) is 12.0. The van der Waals surface area contributed by atoms with E-state index in [-0.39, 0.29) is 0 Å². The highest BCUT2D eigenvalue weighted by atomic mass is 32.2. The van der Waals surface area contributed by atoms with Gasteiger partial charge in [0.2, 0.25) is 0 Å². The number of pyridine rings is 1. The molecule has 0 fully saturated rings. The Morgan fingerprint density at radius 3 is 2.91 bits per heavy atom. The van der Waals surface area contributed by atoms with Gasteiger partial charge in [-0.1, -0.05) is 6.07 Å². The first-order valence-corrected chi connectivity index (χ1v) is 8.69. The average Bonchev–Trinajstić information content (AvgIpc) is 3.15. The van der Waals surface area contributed by atoms with Crippen molar-refractivity contribution < 1.29 is 4.21 Å². The molecule has 0 aliphatic carbocycles. The second kappa shape index (κ2) is 5.31. The number of nitrogens with zero attached hydrogens (tertiary/aromatic N) is 3. The molecule has 0 saturated heterocycles. The van der Waals surface area contributed by atoms with Crippen LogP contribution in [0.1, 0.15) is 16.7 Å². The third-order valence-electron chi connectivity index (χ3n) is 4.08. The zero-order valence-corrected chi connectivity index (χ0v) is 13.7. The summed E-state index contributed by atoms with van der Waals surface area (Å²) >= 11 is 0. The summed E-state index contributed by atoms with van der Waals surface area (Å²) in [5.74, 6) is 0.388. The normalized spacial score (nSPS) is 13.0. The summed E-state index contributed by atoms with van der Waals surface area (Å²) in [5, 5.41) is 0.513. The van der Waals surface area contributed by atoms with E-state index in [2.05, 4.69) is 28.8 Å². The van der Waals surface area contributed by atoms with Crippen LogP contribution < -0.4 is 0 Å². The smallest absolute Gasteiger partial charge is 0.197 e. The Labute approximate surface area is 135 Å². The first-order chi connectivity index (χ1) is 11.1. The Morgan fingerprint density at radius 2 is 2.04 bits per heavy atom. The van der Waals surface area contributed by atoms with Crippen molar-refractivity contribution in [2.45, 2.75) is 24.8 Å². The van der Waals surface area contributed by atoms with Gasteiger partial charge < -0.3 is 9.38 Å². The SMILES string of the molecule is Cc1cc2nc(S(=O)Cc3cccn4ccnc34)[nH]c2cc1C. The first-order valence-electron chi connectivity index (χ1n) is 7.38. The molecule has 3 heterocycles. The van der Waals surface area contributed by atoms with E-state index in [1.54, 1.807) is 6.20 Å². The van der Waals surface area contributed by atoms with Crippen LogP contribution in [0, 0.1) is 13.8 Å². The molecule has 1 aromatic carbocycles. The van der Waals surface area contributed by atoms with Crippen molar-refractivity contribution in [2.75, 3.05) is 0 Å². The van der Waals surface area contributed by atoms with Gasteiger partial charge in [-0.2, -0.15) is 0 Å². The molecule has 0 amide bonds. The van der Waals surface area contributed by atoms with Crippen LogP contribution in [-0.4, -0.2) is 23.6 Å². The van der Waals surface area contributed by atoms with E-state index < -0.39 is 10.8 Å². The molecule has 1 N–H and O–H groups in total. The van der Waals surface area contributed by atoms with Gasteiger partial charge >= 0.3 is 0 Å². The maximum Gasteiger partial charge on any atom is 0.197 e. The molecule has 0 aliphatic rings. The second-order valence-corrected chi connectivity index (χ2v) is 7.04. The van der Waals surface area contributed by atoms with Crippen molar-refractivity contribution in [1.29, 1.82) is 0 Å². The van der Waals surface area contributed by atoms with E-state index in [1.165, 1.54) is 11.1 Å². The maximum absolute atomic E-state index is 12.7. The minimum atomic E-state index is -1.24. The van der Waals surface area contributed by atoms with Crippen LogP contribution in [0.5, 0.6) is 0 Å². The van der Waals surface area contributed by atoms with Crippen molar-refractivity contribution in [3.05, 3.63) is 59.5 Å². The molecule has 0 bridgehead atoms. The number of nitrogens with one attached hydrogen (secondary N) is 1. The van der Waals surface area contributed by atoms with Crippen LogP contribution >= 0.6 is 0 Å². The summed E-state index contributed by atoms with van der Waals surface area (Å²) in [7, 11) is -1.24. The predicted molar refractivity (Wildman–Crippen MR) is 90.9 cm³/mol. The van der Waals surface area contributed by atoms with Gasteiger partial charge in [0.25, 0.3) is 0 Å². The molecule has 6 heteroatoms. The number of aromatic nitrogens is 4. The van der Waals surface area contributed by atoms with Crippen molar-refractivity contribution in [3.8, 4) is 0 Å².